The fourth-order valence-electron chi connectivity index (χ4n) is 2.18. The first kappa shape index (κ1) is 15.6. The van der Waals surface area contributed by atoms with E-state index >= 15 is 0 Å². The lowest BCUT2D eigenvalue weighted by atomic mass is 9.76. The van der Waals surface area contributed by atoms with Crippen LogP contribution >= 0.6 is 0 Å². The van der Waals surface area contributed by atoms with Crippen molar-refractivity contribution in [3.8, 4) is 0 Å². The Labute approximate surface area is 112 Å². The molecule has 4 nitrogen and oxygen atoms in total. The standard InChI is InChI=1S/C14H20FNO3/c1-19-9-5-4-8-14(10-16,13(17)18)11-6-2-3-7-12(11)15/h2-3,6-7H,4-5,8-10,16H2,1H3,(H,17,18). The number of methoxy groups -OCH3 is 1. The van der Waals surface area contributed by atoms with Crippen molar-refractivity contribution < 1.29 is 19.0 Å². The van der Waals surface area contributed by atoms with Gasteiger partial charge in [0.25, 0.3) is 0 Å². The number of carbonyl (C=O) groups is 1. The third kappa shape index (κ3) is 3.52. The second-order valence-corrected chi connectivity index (χ2v) is 4.52. The number of hydrogen-bond acceptors (Lipinski definition) is 3. The maximum atomic E-state index is 13.9. The average Bonchev–Trinajstić information content (AvgIpc) is 2.40. The number of hydrogen-bond donors (Lipinski definition) is 2. The molecule has 0 aliphatic carbocycles. The molecule has 1 unspecified atom stereocenters. The summed E-state index contributed by atoms with van der Waals surface area (Å²) in [5.41, 5.74) is 4.44. The van der Waals surface area contributed by atoms with Crippen LogP contribution in [0.5, 0.6) is 0 Å². The van der Waals surface area contributed by atoms with Crippen molar-refractivity contribution in [2.24, 2.45) is 5.73 Å². The van der Waals surface area contributed by atoms with E-state index in [-0.39, 0.29) is 12.1 Å². The van der Waals surface area contributed by atoms with E-state index in [1.54, 1.807) is 13.2 Å². The highest BCUT2D eigenvalue weighted by molar-refractivity contribution is 5.81. The van der Waals surface area contributed by atoms with Crippen LogP contribution in [0.15, 0.2) is 24.3 Å². The molecule has 0 bridgehead atoms. The Kier molecular flexibility index (Phi) is 5.92. The Morgan fingerprint density at radius 3 is 2.63 bits per heavy atom. The van der Waals surface area contributed by atoms with Gasteiger partial charge in [-0.2, -0.15) is 0 Å². The highest BCUT2D eigenvalue weighted by atomic mass is 19.1. The Morgan fingerprint density at radius 2 is 2.11 bits per heavy atom. The largest absolute Gasteiger partial charge is 0.481 e. The van der Waals surface area contributed by atoms with E-state index in [1.165, 1.54) is 18.2 Å². The van der Waals surface area contributed by atoms with Crippen LogP contribution in [0.25, 0.3) is 0 Å². The van der Waals surface area contributed by atoms with Crippen LogP contribution in [0.2, 0.25) is 0 Å². The lowest BCUT2D eigenvalue weighted by Gasteiger charge is -2.28. The van der Waals surface area contributed by atoms with Crippen molar-refractivity contribution in [3.63, 3.8) is 0 Å². The van der Waals surface area contributed by atoms with E-state index in [0.717, 1.165) is 6.42 Å². The third-order valence-electron chi connectivity index (χ3n) is 3.35. The van der Waals surface area contributed by atoms with Gasteiger partial charge in [0.15, 0.2) is 0 Å². The Balaban J connectivity index is 2.99. The first-order chi connectivity index (χ1) is 9.08. The molecular weight excluding hydrogens is 249 g/mol. The number of unbranched alkanes of at least 4 members (excludes halogenated alkanes) is 1. The predicted molar refractivity (Wildman–Crippen MR) is 70.5 cm³/mol. The smallest absolute Gasteiger partial charge is 0.315 e. The molecule has 0 aliphatic rings. The molecule has 0 aliphatic heterocycles. The van der Waals surface area contributed by atoms with Crippen molar-refractivity contribution in [1.29, 1.82) is 0 Å². The molecule has 0 saturated carbocycles. The van der Waals surface area contributed by atoms with E-state index in [4.69, 9.17) is 10.5 Å². The van der Waals surface area contributed by atoms with Crippen molar-refractivity contribution in [1.82, 2.24) is 0 Å². The van der Waals surface area contributed by atoms with Gasteiger partial charge in [-0.05, 0) is 25.3 Å². The highest BCUT2D eigenvalue weighted by Crippen LogP contribution is 2.31. The molecule has 0 radical (unpaired) electrons. The highest BCUT2D eigenvalue weighted by Gasteiger charge is 2.40. The van der Waals surface area contributed by atoms with Gasteiger partial charge in [0, 0.05) is 25.8 Å². The average molecular weight is 269 g/mol. The van der Waals surface area contributed by atoms with E-state index in [0.29, 0.717) is 19.4 Å². The molecule has 3 N–H and O–H groups in total. The molecule has 19 heavy (non-hydrogen) atoms. The maximum Gasteiger partial charge on any atom is 0.315 e. The molecule has 1 rings (SSSR count). The van der Waals surface area contributed by atoms with Crippen molar-refractivity contribution in [2.75, 3.05) is 20.3 Å². The van der Waals surface area contributed by atoms with Gasteiger partial charge < -0.3 is 15.6 Å². The summed E-state index contributed by atoms with van der Waals surface area (Å²) in [7, 11) is 1.59. The fraction of sp³-hybridized carbons (Fsp3) is 0.500. The number of carboxylic acid groups (broad SMARTS) is 1. The zero-order valence-corrected chi connectivity index (χ0v) is 11.1. The molecule has 0 aromatic heterocycles. The number of aliphatic carboxylic acids is 1. The zero-order valence-electron chi connectivity index (χ0n) is 11.1. The monoisotopic (exact) mass is 269 g/mol. The maximum absolute atomic E-state index is 13.9. The molecule has 5 heteroatoms. The third-order valence-corrected chi connectivity index (χ3v) is 3.35. The summed E-state index contributed by atoms with van der Waals surface area (Å²) < 4.78 is 18.8. The van der Waals surface area contributed by atoms with Gasteiger partial charge in [-0.1, -0.05) is 18.2 Å². The van der Waals surface area contributed by atoms with E-state index < -0.39 is 17.2 Å². The number of ether oxygens (including phenoxy) is 1. The fourth-order valence-corrected chi connectivity index (χ4v) is 2.18. The Morgan fingerprint density at radius 1 is 1.42 bits per heavy atom. The van der Waals surface area contributed by atoms with Crippen LogP contribution in [0.1, 0.15) is 24.8 Å². The summed E-state index contributed by atoms with van der Waals surface area (Å²) >= 11 is 0. The number of benzene rings is 1. The summed E-state index contributed by atoms with van der Waals surface area (Å²) in [4.78, 5) is 11.6. The summed E-state index contributed by atoms with van der Waals surface area (Å²) in [6.07, 6.45) is 1.63. The van der Waals surface area contributed by atoms with Gasteiger partial charge >= 0.3 is 5.97 Å². The lowest BCUT2D eigenvalue weighted by molar-refractivity contribution is -0.144. The topological polar surface area (TPSA) is 72.5 Å². The number of halogens is 1. The summed E-state index contributed by atoms with van der Waals surface area (Å²) in [5, 5.41) is 9.48. The molecule has 0 spiro atoms. The van der Waals surface area contributed by atoms with Crippen LogP contribution in [0.3, 0.4) is 0 Å². The first-order valence-electron chi connectivity index (χ1n) is 6.26. The van der Waals surface area contributed by atoms with Crippen LogP contribution in [-0.2, 0) is 14.9 Å². The van der Waals surface area contributed by atoms with Crippen LogP contribution in [0.4, 0.5) is 4.39 Å². The second kappa shape index (κ2) is 7.21. The van der Waals surface area contributed by atoms with Crippen molar-refractivity contribution in [3.05, 3.63) is 35.6 Å². The number of rotatable bonds is 8. The van der Waals surface area contributed by atoms with Gasteiger partial charge in [0.2, 0.25) is 0 Å². The van der Waals surface area contributed by atoms with E-state index in [9.17, 15) is 14.3 Å². The molecule has 0 saturated heterocycles. The van der Waals surface area contributed by atoms with Crippen molar-refractivity contribution >= 4 is 5.97 Å². The van der Waals surface area contributed by atoms with Crippen molar-refractivity contribution in [2.45, 2.75) is 24.7 Å². The lowest BCUT2D eigenvalue weighted by Crippen LogP contribution is -2.43. The SMILES string of the molecule is COCCCCC(CN)(C(=O)O)c1ccccc1F. The molecule has 1 aromatic rings. The molecule has 0 heterocycles. The first-order valence-corrected chi connectivity index (χ1v) is 6.26. The second-order valence-electron chi connectivity index (χ2n) is 4.52. The molecule has 0 fully saturated rings. The summed E-state index contributed by atoms with van der Waals surface area (Å²) in [5.74, 6) is -1.61. The number of nitrogens with two attached hydrogens (primary N) is 1. The van der Waals surface area contributed by atoms with E-state index in [2.05, 4.69) is 0 Å². The predicted octanol–water partition coefficient (Wildman–Crippen LogP) is 1.92. The summed E-state index contributed by atoms with van der Waals surface area (Å²) in [6.45, 7) is 0.424. The Hall–Kier alpha value is -1.46. The molecule has 1 aromatic carbocycles. The van der Waals surface area contributed by atoms with Gasteiger partial charge in [-0.3, -0.25) is 4.79 Å². The molecule has 106 valence electrons. The van der Waals surface area contributed by atoms with E-state index in [1.807, 2.05) is 0 Å². The minimum atomic E-state index is -1.36. The number of carboxylic acids is 1. The molecule has 1 atom stereocenters. The summed E-state index contributed by atoms with van der Waals surface area (Å²) in [6, 6.07) is 5.91. The van der Waals surface area contributed by atoms with Gasteiger partial charge in [-0.25, -0.2) is 4.39 Å². The van der Waals surface area contributed by atoms with Gasteiger partial charge in [0.05, 0.1) is 0 Å². The zero-order chi connectivity index (χ0) is 14.3. The molecule has 0 amide bonds. The van der Waals surface area contributed by atoms with Crippen LogP contribution in [-0.4, -0.2) is 31.3 Å². The van der Waals surface area contributed by atoms with Crippen LogP contribution in [0, 0.1) is 5.82 Å². The normalized spacial score (nSPS) is 14.1. The minimum Gasteiger partial charge on any atom is -0.481 e. The quantitative estimate of drug-likeness (QED) is 0.707. The van der Waals surface area contributed by atoms with Gasteiger partial charge in [-0.15, -0.1) is 0 Å². The van der Waals surface area contributed by atoms with Crippen LogP contribution < -0.4 is 5.73 Å². The van der Waals surface area contributed by atoms with Gasteiger partial charge in [0.1, 0.15) is 11.2 Å². The Bertz CT molecular complexity index is 425. The molecular formula is C14H20FNO3. The minimum absolute atomic E-state index is 0.129.